The highest BCUT2D eigenvalue weighted by molar-refractivity contribution is 5.96. The molecule has 0 N–H and O–H groups in total. The average Bonchev–Trinajstić information content (AvgIpc) is 3.36. The minimum atomic E-state index is 0.468. The van der Waals surface area contributed by atoms with E-state index in [2.05, 4.69) is 138 Å². The van der Waals surface area contributed by atoms with Gasteiger partial charge >= 0.3 is 0 Å². The number of terminal acetylenes is 1. The third-order valence-corrected chi connectivity index (χ3v) is 8.66. The molecule has 0 radical (unpaired) electrons. The maximum absolute atomic E-state index is 4.09. The van der Waals surface area contributed by atoms with E-state index in [1.807, 2.05) is 19.9 Å². The van der Waals surface area contributed by atoms with Gasteiger partial charge < -0.3 is 0 Å². The van der Waals surface area contributed by atoms with Crippen LogP contribution in [0.25, 0.3) is 33.0 Å². The monoisotopic (exact) mass is 548 g/mol. The summed E-state index contributed by atoms with van der Waals surface area (Å²) in [5.74, 6) is 1.03. The standard InChI is InChI=1S/C38H36.C2H6.C2H2/c1-6-12-26(13-7-2)33-20-28-16-10-14-27-15-11-17-29(37(27)28)21-34-31-18-8-9-19-32(31)35-22-30(25(5)24(3)4)23-36(33)38(34)35;2*1-2/h6-19,22-25H,1,20-21H2,2-5H3;1-2H3;1-2H/b13-7-,26-12+,36-33+;;. The van der Waals surface area contributed by atoms with Crippen LogP contribution in [0.2, 0.25) is 0 Å². The van der Waals surface area contributed by atoms with E-state index >= 15 is 0 Å². The summed E-state index contributed by atoms with van der Waals surface area (Å²) in [6.45, 7) is 17.2. The van der Waals surface area contributed by atoms with Crippen LogP contribution in [-0.2, 0) is 12.8 Å². The molecule has 2 aliphatic rings. The zero-order valence-electron chi connectivity index (χ0n) is 26.2. The molecule has 0 spiro atoms. The summed E-state index contributed by atoms with van der Waals surface area (Å²) in [4.78, 5) is 0. The topological polar surface area (TPSA) is 0 Å². The van der Waals surface area contributed by atoms with Crippen molar-refractivity contribution < 1.29 is 0 Å². The first-order valence-electron chi connectivity index (χ1n) is 15.3. The third kappa shape index (κ3) is 5.45. The molecule has 4 aromatic rings. The molecule has 0 aliphatic heterocycles. The zero-order valence-corrected chi connectivity index (χ0v) is 26.2. The molecule has 6 rings (SSSR count). The second-order valence-corrected chi connectivity index (χ2v) is 11.2. The Morgan fingerprint density at radius 2 is 1.45 bits per heavy atom. The van der Waals surface area contributed by atoms with Gasteiger partial charge in [0.25, 0.3) is 0 Å². The molecule has 0 saturated heterocycles. The average molecular weight is 549 g/mol. The van der Waals surface area contributed by atoms with Gasteiger partial charge in [0.1, 0.15) is 0 Å². The van der Waals surface area contributed by atoms with E-state index in [1.54, 1.807) is 0 Å². The molecule has 0 bridgehead atoms. The quantitative estimate of drug-likeness (QED) is 0.172. The lowest BCUT2D eigenvalue weighted by Crippen LogP contribution is -2.32. The van der Waals surface area contributed by atoms with Crippen LogP contribution < -0.4 is 10.4 Å². The van der Waals surface area contributed by atoms with Crippen LogP contribution in [0.15, 0.2) is 109 Å². The van der Waals surface area contributed by atoms with Gasteiger partial charge in [0.15, 0.2) is 0 Å². The van der Waals surface area contributed by atoms with Crippen LogP contribution in [-0.4, -0.2) is 0 Å². The van der Waals surface area contributed by atoms with Crippen LogP contribution >= 0.6 is 0 Å². The van der Waals surface area contributed by atoms with E-state index in [4.69, 9.17) is 0 Å². The summed E-state index contributed by atoms with van der Waals surface area (Å²) in [6, 6.07) is 27.7. The van der Waals surface area contributed by atoms with Gasteiger partial charge in [0, 0.05) is 0 Å². The molecule has 1 unspecified atom stereocenters. The van der Waals surface area contributed by atoms with Crippen LogP contribution in [0, 0.1) is 18.8 Å². The first kappa shape index (κ1) is 30.6. The highest BCUT2D eigenvalue weighted by atomic mass is 14.3. The predicted octanol–water partition coefficient (Wildman–Crippen LogP) is 9.69. The predicted molar refractivity (Wildman–Crippen MR) is 186 cm³/mol. The van der Waals surface area contributed by atoms with Crippen molar-refractivity contribution in [3.8, 4) is 24.0 Å². The van der Waals surface area contributed by atoms with Gasteiger partial charge in [-0.2, -0.15) is 0 Å². The maximum atomic E-state index is 4.09. The molecule has 0 heteroatoms. The number of fused-ring (bicyclic) bond motifs is 3. The van der Waals surface area contributed by atoms with Gasteiger partial charge in [-0.3, -0.25) is 0 Å². The first-order valence-corrected chi connectivity index (χ1v) is 15.3. The summed E-state index contributed by atoms with van der Waals surface area (Å²) < 4.78 is 0. The second kappa shape index (κ2) is 13.5. The van der Waals surface area contributed by atoms with Crippen LogP contribution in [0.4, 0.5) is 0 Å². The summed E-state index contributed by atoms with van der Waals surface area (Å²) in [5.41, 5.74) is 12.5. The van der Waals surface area contributed by atoms with Crippen molar-refractivity contribution >= 4 is 21.9 Å². The molecule has 4 aromatic carbocycles. The molecule has 0 saturated carbocycles. The normalized spacial score (nSPS) is 15.4. The Morgan fingerprint density at radius 3 is 2.07 bits per heavy atom. The Morgan fingerprint density at radius 1 is 0.810 bits per heavy atom. The Balaban J connectivity index is 0.000000972. The fourth-order valence-electron chi connectivity index (χ4n) is 6.48. The fourth-order valence-corrected chi connectivity index (χ4v) is 6.48. The highest BCUT2D eigenvalue weighted by Gasteiger charge is 2.26. The van der Waals surface area contributed by atoms with Gasteiger partial charge in [-0.1, -0.05) is 138 Å². The molecular weight excluding hydrogens is 504 g/mol. The molecule has 0 heterocycles. The van der Waals surface area contributed by atoms with Gasteiger partial charge in [-0.25, -0.2) is 0 Å². The lowest BCUT2D eigenvalue weighted by Gasteiger charge is -2.19. The molecule has 0 fully saturated rings. The van der Waals surface area contributed by atoms with Crippen LogP contribution in [0.1, 0.15) is 69.7 Å². The van der Waals surface area contributed by atoms with Crippen molar-refractivity contribution in [3.63, 3.8) is 0 Å². The van der Waals surface area contributed by atoms with Gasteiger partial charge in [-0.15, -0.1) is 12.8 Å². The van der Waals surface area contributed by atoms with E-state index in [-0.39, 0.29) is 0 Å². The number of hydrogen-bond acceptors (Lipinski definition) is 0. The molecule has 212 valence electrons. The Bertz CT molecular complexity index is 1810. The molecule has 0 nitrogen and oxygen atoms in total. The van der Waals surface area contributed by atoms with Gasteiger partial charge in [-0.05, 0) is 103 Å². The molecule has 1 atom stereocenters. The minimum Gasteiger partial charge on any atom is -0.124 e. The third-order valence-electron chi connectivity index (χ3n) is 8.66. The van der Waals surface area contributed by atoms with Crippen molar-refractivity contribution in [2.75, 3.05) is 0 Å². The fraction of sp³-hybridized carbons (Fsp3) is 0.238. The molecule has 0 aromatic heterocycles. The molecular formula is C42H44. The molecule has 2 aliphatic carbocycles. The smallest absolute Gasteiger partial charge is 0.000695 e. The van der Waals surface area contributed by atoms with Crippen molar-refractivity contribution in [2.45, 2.75) is 60.3 Å². The highest BCUT2D eigenvalue weighted by Crippen LogP contribution is 2.38. The van der Waals surface area contributed by atoms with Crippen LogP contribution in [0.3, 0.4) is 0 Å². The zero-order chi connectivity index (χ0) is 30.4. The number of hydrogen-bond donors (Lipinski definition) is 0. The van der Waals surface area contributed by atoms with E-state index in [9.17, 15) is 0 Å². The van der Waals surface area contributed by atoms with Crippen LogP contribution in [0.5, 0.6) is 0 Å². The van der Waals surface area contributed by atoms with E-state index < -0.39 is 0 Å². The second-order valence-electron chi connectivity index (χ2n) is 11.2. The maximum Gasteiger partial charge on any atom is -0.000695 e. The Labute approximate surface area is 253 Å². The Hall–Kier alpha value is -4.34. The summed E-state index contributed by atoms with van der Waals surface area (Å²) in [5, 5.41) is 5.54. The summed E-state index contributed by atoms with van der Waals surface area (Å²) >= 11 is 0. The van der Waals surface area contributed by atoms with Crippen molar-refractivity contribution in [3.05, 3.63) is 142 Å². The molecule has 0 amide bonds. The lowest BCUT2D eigenvalue weighted by molar-refractivity contribution is 0.535. The lowest BCUT2D eigenvalue weighted by atomic mass is 9.85. The first-order chi connectivity index (χ1) is 20.5. The van der Waals surface area contributed by atoms with E-state index in [0.29, 0.717) is 11.8 Å². The van der Waals surface area contributed by atoms with Gasteiger partial charge in [0.2, 0.25) is 0 Å². The van der Waals surface area contributed by atoms with E-state index in [1.165, 1.54) is 71.3 Å². The minimum absolute atomic E-state index is 0.468. The SMILES string of the molecule is C#C.C=C/C=C(\C=C/C)C1=c2\cc(C(C)C(C)C)cc3c2=C(Cc2cccc4cccc(c24)C\1)c1ccccc1-3.CC. The summed E-state index contributed by atoms with van der Waals surface area (Å²) in [7, 11) is 0. The van der Waals surface area contributed by atoms with E-state index in [0.717, 1.165) is 12.8 Å². The molecule has 42 heavy (non-hydrogen) atoms. The van der Waals surface area contributed by atoms with Crippen molar-refractivity contribution in [2.24, 2.45) is 5.92 Å². The van der Waals surface area contributed by atoms with Crippen molar-refractivity contribution in [1.82, 2.24) is 0 Å². The number of benzene rings is 4. The largest absolute Gasteiger partial charge is 0.124 e. The van der Waals surface area contributed by atoms with Crippen molar-refractivity contribution in [1.29, 1.82) is 0 Å². The van der Waals surface area contributed by atoms with Gasteiger partial charge in [0.05, 0.1) is 0 Å². The Kier molecular flexibility index (Phi) is 9.88. The number of rotatable bonds is 5. The number of allylic oxidation sites excluding steroid dienone is 5. The summed E-state index contributed by atoms with van der Waals surface area (Å²) in [6.07, 6.45) is 18.4.